The molecule has 2 aliphatic rings. The number of aliphatic hydroxyl groups is 1. The lowest BCUT2D eigenvalue weighted by atomic mass is 9.93. The van der Waals surface area contributed by atoms with Crippen molar-refractivity contribution in [1.82, 2.24) is 10.3 Å². The van der Waals surface area contributed by atoms with Crippen LogP contribution in [-0.2, 0) is 17.3 Å². The number of nitrogen functional groups attached to an aromatic ring is 1. The topological polar surface area (TPSA) is 83.6 Å². The van der Waals surface area contributed by atoms with Gasteiger partial charge in [0.15, 0.2) is 0 Å². The summed E-state index contributed by atoms with van der Waals surface area (Å²) < 4.78 is 48.5. The fourth-order valence-corrected chi connectivity index (χ4v) is 5.09. The van der Waals surface area contributed by atoms with E-state index in [1.54, 1.807) is 23.1 Å². The van der Waals surface area contributed by atoms with Gasteiger partial charge in [0.1, 0.15) is 12.0 Å². The molecule has 0 aliphatic carbocycles. The number of nitrogens with one attached hydrogen (secondary N) is 1. The molecule has 9 heteroatoms. The summed E-state index contributed by atoms with van der Waals surface area (Å²) in [5.74, 6) is 0.498. The standard InChI is InChI=1S/C28H31F3N4O2/c1-16(2)25-15-35(9-10-37-25)24-6-4-17(13-23(24)28(29,30)31)20-12-22(26(32)34-14-20)18-3-5-21-19(11-18)7-8-33-27(21)36/h3-6,11-14,16,25,27,33,36H,7-10,15H2,1-2H3,(H2,32,34)/t25-,27?/m0/s1. The molecule has 5 rings (SSSR count). The van der Waals surface area contributed by atoms with Crippen LogP contribution in [0.2, 0.25) is 0 Å². The summed E-state index contributed by atoms with van der Waals surface area (Å²) in [5.41, 5.74) is 9.89. The van der Waals surface area contributed by atoms with Gasteiger partial charge in [-0.25, -0.2) is 4.98 Å². The molecular weight excluding hydrogens is 481 g/mol. The number of aromatic nitrogens is 1. The molecule has 3 heterocycles. The molecule has 2 atom stereocenters. The van der Waals surface area contributed by atoms with Crippen LogP contribution in [0.25, 0.3) is 22.3 Å². The molecule has 2 aliphatic heterocycles. The molecule has 6 nitrogen and oxygen atoms in total. The van der Waals surface area contributed by atoms with Gasteiger partial charge < -0.3 is 20.5 Å². The number of alkyl halides is 3. The molecule has 2 aromatic carbocycles. The van der Waals surface area contributed by atoms with Crippen molar-refractivity contribution in [3.8, 4) is 22.3 Å². The number of benzene rings is 2. The molecule has 0 bridgehead atoms. The number of hydrogen-bond donors (Lipinski definition) is 3. The Morgan fingerprint density at radius 1 is 1.11 bits per heavy atom. The van der Waals surface area contributed by atoms with Crippen molar-refractivity contribution in [2.75, 3.05) is 36.9 Å². The Labute approximate surface area is 214 Å². The molecule has 0 spiro atoms. The number of aliphatic hydroxyl groups excluding tert-OH is 1. The molecule has 0 saturated carbocycles. The number of nitrogens with two attached hydrogens (primary N) is 1. The minimum atomic E-state index is -4.52. The van der Waals surface area contributed by atoms with Crippen LogP contribution in [0.1, 0.15) is 36.8 Å². The lowest BCUT2D eigenvalue weighted by Gasteiger charge is -2.37. The molecule has 1 aromatic heterocycles. The third-order valence-corrected chi connectivity index (χ3v) is 7.21. The highest BCUT2D eigenvalue weighted by molar-refractivity contribution is 5.80. The van der Waals surface area contributed by atoms with Crippen molar-refractivity contribution in [2.45, 2.75) is 38.8 Å². The zero-order valence-corrected chi connectivity index (χ0v) is 20.8. The Bertz CT molecular complexity index is 1290. The molecule has 1 fully saturated rings. The normalized spacial score (nSPS) is 20.2. The van der Waals surface area contributed by atoms with Crippen LogP contribution in [0.15, 0.2) is 48.7 Å². The van der Waals surface area contributed by atoms with Crippen LogP contribution in [-0.4, -0.2) is 42.4 Å². The average molecular weight is 513 g/mol. The monoisotopic (exact) mass is 512 g/mol. The molecule has 0 radical (unpaired) electrons. The van der Waals surface area contributed by atoms with E-state index in [4.69, 9.17) is 10.5 Å². The van der Waals surface area contributed by atoms with E-state index in [2.05, 4.69) is 10.3 Å². The number of anilines is 2. The number of halogens is 3. The zero-order chi connectivity index (χ0) is 26.3. The van der Waals surface area contributed by atoms with E-state index in [9.17, 15) is 18.3 Å². The highest BCUT2D eigenvalue weighted by atomic mass is 19.4. The summed E-state index contributed by atoms with van der Waals surface area (Å²) in [5, 5.41) is 13.2. The van der Waals surface area contributed by atoms with Crippen molar-refractivity contribution in [2.24, 2.45) is 5.92 Å². The fourth-order valence-electron chi connectivity index (χ4n) is 5.09. The van der Waals surface area contributed by atoms with E-state index in [1.165, 1.54) is 12.3 Å². The minimum absolute atomic E-state index is 0.119. The van der Waals surface area contributed by atoms with Crippen molar-refractivity contribution >= 4 is 11.5 Å². The fraction of sp³-hybridized carbons (Fsp3) is 0.393. The summed E-state index contributed by atoms with van der Waals surface area (Å²) in [7, 11) is 0. The number of morpholine rings is 1. The zero-order valence-electron chi connectivity index (χ0n) is 20.8. The first-order chi connectivity index (χ1) is 17.6. The smallest absolute Gasteiger partial charge is 0.383 e. The molecule has 1 unspecified atom stereocenters. The molecule has 4 N–H and O–H groups in total. The quantitative estimate of drug-likeness (QED) is 0.456. The SMILES string of the molecule is CC(C)[C@@H]1CN(c2ccc(-c3cnc(N)c(-c4ccc5c(c4)CCNC5O)c3)cc2C(F)(F)F)CCO1. The number of hydrogen-bond acceptors (Lipinski definition) is 6. The maximum Gasteiger partial charge on any atom is 0.418 e. The predicted molar refractivity (Wildman–Crippen MR) is 138 cm³/mol. The molecule has 196 valence electrons. The van der Waals surface area contributed by atoms with E-state index in [1.807, 2.05) is 32.0 Å². The minimum Gasteiger partial charge on any atom is -0.383 e. The van der Waals surface area contributed by atoms with Crippen molar-refractivity contribution in [1.29, 1.82) is 0 Å². The molecule has 0 amide bonds. The first-order valence-electron chi connectivity index (χ1n) is 12.5. The highest BCUT2D eigenvalue weighted by Crippen LogP contribution is 2.41. The Morgan fingerprint density at radius 2 is 1.89 bits per heavy atom. The van der Waals surface area contributed by atoms with Gasteiger partial charge in [0.05, 0.1) is 18.3 Å². The summed E-state index contributed by atoms with van der Waals surface area (Å²) >= 11 is 0. The van der Waals surface area contributed by atoms with Crippen molar-refractivity contribution in [3.63, 3.8) is 0 Å². The number of nitrogens with zero attached hydrogens (tertiary/aromatic N) is 2. The Kier molecular flexibility index (Phi) is 6.87. The number of ether oxygens (including phenoxy) is 1. The van der Waals surface area contributed by atoms with E-state index in [0.29, 0.717) is 48.7 Å². The summed E-state index contributed by atoms with van der Waals surface area (Å²) in [6, 6.07) is 11.9. The first-order valence-corrected chi connectivity index (χ1v) is 12.5. The maximum atomic E-state index is 14.2. The van der Waals surface area contributed by atoms with Crippen LogP contribution < -0.4 is 16.0 Å². The van der Waals surface area contributed by atoms with Gasteiger partial charge in [-0.3, -0.25) is 5.32 Å². The summed E-state index contributed by atoms with van der Waals surface area (Å²) in [6.07, 6.45) is -3.10. The van der Waals surface area contributed by atoms with Crippen LogP contribution in [0, 0.1) is 5.92 Å². The maximum absolute atomic E-state index is 14.2. The Hall–Kier alpha value is -3.14. The van der Waals surface area contributed by atoms with Gasteiger partial charge in [0, 0.05) is 42.6 Å². The van der Waals surface area contributed by atoms with Gasteiger partial charge in [-0.15, -0.1) is 0 Å². The van der Waals surface area contributed by atoms with Crippen LogP contribution >= 0.6 is 0 Å². The number of rotatable bonds is 4. The van der Waals surface area contributed by atoms with Crippen LogP contribution in [0.5, 0.6) is 0 Å². The van der Waals surface area contributed by atoms with Crippen LogP contribution in [0.4, 0.5) is 24.7 Å². The van der Waals surface area contributed by atoms with E-state index < -0.39 is 18.0 Å². The molecule has 3 aromatic rings. The van der Waals surface area contributed by atoms with Crippen LogP contribution in [0.3, 0.4) is 0 Å². The van der Waals surface area contributed by atoms with Gasteiger partial charge in [-0.2, -0.15) is 13.2 Å². The number of pyridine rings is 1. The third-order valence-electron chi connectivity index (χ3n) is 7.21. The first kappa shape index (κ1) is 25.5. The summed E-state index contributed by atoms with van der Waals surface area (Å²) in [6.45, 7) is 5.88. The van der Waals surface area contributed by atoms with Gasteiger partial charge in [-0.1, -0.05) is 38.1 Å². The molecule has 1 saturated heterocycles. The second-order valence-corrected chi connectivity index (χ2v) is 10.0. The molecular formula is C28H31F3N4O2. The Balaban J connectivity index is 1.52. The van der Waals surface area contributed by atoms with Gasteiger partial charge in [0.2, 0.25) is 0 Å². The largest absolute Gasteiger partial charge is 0.418 e. The van der Waals surface area contributed by atoms with E-state index >= 15 is 0 Å². The highest BCUT2D eigenvalue weighted by Gasteiger charge is 2.36. The lowest BCUT2D eigenvalue weighted by molar-refractivity contribution is -0.137. The number of fused-ring (bicyclic) bond motifs is 1. The second-order valence-electron chi connectivity index (χ2n) is 10.0. The van der Waals surface area contributed by atoms with Gasteiger partial charge in [-0.05, 0) is 52.8 Å². The predicted octanol–water partition coefficient (Wildman–Crippen LogP) is 5.01. The van der Waals surface area contributed by atoms with E-state index in [-0.39, 0.29) is 17.7 Å². The Morgan fingerprint density at radius 3 is 2.65 bits per heavy atom. The van der Waals surface area contributed by atoms with Crippen molar-refractivity contribution in [3.05, 3.63) is 65.4 Å². The average Bonchev–Trinajstić information content (AvgIpc) is 2.88. The summed E-state index contributed by atoms with van der Waals surface area (Å²) in [4.78, 5) is 6.07. The van der Waals surface area contributed by atoms with Crippen molar-refractivity contribution < 1.29 is 23.0 Å². The van der Waals surface area contributed by atoms with E-state index in [0.717, 1.165) is 23.1 Å². The molecule has 37 heavy (non-hydrogen) atoms. The third kappa shape index (κ3) is 5.16. The van der Waals surface area contributed by atoms with Gasteiger partial charge >= 0.3 is 6.18 Å². The lowest BCUT2D eigenvalue weighted by Crippen LogP contribution is -2.45. The van der Waals surface area contributed by atoms with Gasteiger partial charge in [0.25, 0.3) is 0 Å². The second kappa shape index (κ2) is 9.96.